The SMILES string of the molecule is C1=CC=C2NCCCCN=C3C=CC=CC=C3N[C@@H]3CCCC[C@H]3N=C2C=C1. The summed E-state index contributed by atoms with van der Waals surface area (Å²) in [5.74, 6) is 0. The fraction of sp³-hybridized carbons (Fsp3) is 0.417. The van der Waals surface area contributed by atoms with E-state index in [2.05, 4.69) is 71.4 Å². The number of aliphatic imine (C=N–C) groups is 2. The van der Waals surface area contributed by atoms with Gasteiger partial charge in [0.15, 0.2) is 0 Å². The Morgan fingerprint density at radius 2 is 1.54 bits per heavy atom. The van der Waals surface area contributed by atoms with E-state index in [0.29, 0.717) is 6.04 Å². The smallest absolute Gasteiger partial charge is 0.0810 e. The third kappa shape index (κ3) is 4.80. The Morgan fingerprint density at radius 3 is 2.43 bits per heavy atom. The van der Waals surface area contributed by atoms with E-state index < -0.39 is 0 Å². The third-order valence-electron chi connectivity index (χ3n) is 5.59. The summed E-state index contributed by atoms with van der Waals surface area (Å²) in [4.78, 5) is 10.1. The molecule has 1 aliphatic heterocycles. The highest BCUT2D eigenvalue weighted by molar-refractivity contribution is 6.09. The zero-order valence-corrected chi connectivity index (χ0v) is 16.5. The molecule has 3 aliphatic carbocycles. The van der Waals surface area contributed by atoms with Gasteiger partial charge in [-0.3, -0.25) is 9.98 Å². The maximum atomic E-state index is 5.22. The molecule has 0 unspecified atom stereocenters. The number of hydrogen-bond acceptors (Lipinski definition) is 4. The molecule has 0 aromatic heterocycles. The lowest BCUT2D eigenvalue weighted by atomic mass is 9.90. The van der Waals surface area contributed by atoms with Crippen LogP contribution in [0.1, 0.15) is 38.5 Å². The molecule has 0 amide bonds. The van der Waals surface area contributed by atoms with Crippen molar-refractivity contribution in [3.8, 4) is 0 Å². The van der Waals surface area contributed by atoms with Gasteiger partial charge in [0.25, 0.3) is 0 Å². The van der Waals surface area contributed by atoms with E-state index in [1.165, 1.54) is 12.8 Å². The second-order valence-electron chi connectivity index (χ2n) is 7.67. The number of nitrogens with one attached hydrogen (secondary N) is 2. The molecule has 1 heterocycles. The highest BCUT2D eigenvalue weighted by atomic mass is 15.0. The molecule has 4 rings (SSSR count). The van der Waals surface area contributed by atoms with Crippen molar-refractivity contribution in [2.24, 2.45) is 9.98 Å². The van der Waals surface area contributed by atoms with Crippen molar-refractivity contribution in [2.45, 2.75) is 50.6 Å². The first-order valence-electron chi connectivity index (χ1n) is 10.6. The molecule has 2 atom stereocenters. The van der Waals surface area contributed by atoms with Crippen LogP contribution in [0.4, 0.5) is 0 Å². The highest BCUT2D eigenvalue weighted by Crippen LogP contribution is 2.24. The van der Waals surface area contributed by atoms with Crippen molar-refractivity contribution in [2.75, 3.05) is 13.1 Å². The van der Waals surface area contributed by atoms with Gasteiger partial charge in [-0.05, 0) is 50.0 Å². The second kappa shape index (κ2) is 9.54. The number of rotatable bonds is 0. The van der Waals surface area contributed by atoms with Crippen LogP contribution in [-0.4, -0.2) is 36.6 Å². The van der Waals surface area contributed by atoms with Crippen molar-refractivity contribution >= 4 is 11.4 Å². The topological polar surface area (TPSA) is 48.8 Å². The number of allylic oxidation sites excluding steroid dienone is 10. The Morgan fingerprint density at radius 1 is 0.750 bits per heavy atom. The first-order chi connectivity index (χ1) is 13.9. The minimum absolute atomic E-state index is 0.276. The van der Waals surface area contributed by atoms with Gasteiger partial charge < -0.3 is 10.6 Å². The predicted octanol–water partition coefficient (Wildman–Crippen LogP) is 4.17. The van der Waals surface area contributed by atoms with Crippen molar-refractivity contribution < 1.29 is 0 Å². The zero-order chi connectivity index (χ0) is 19.0. The molecule has 0 aromatic rings. The summed E-state index contributed by atoms with van der Waals surface area (Å²) >= 11 is 0. The molecule has 1 saturated carbocycles. The van der Waals surface area contributed by atoms with Crippen molar-refractivity contribution in [3.05, 3.63) is 72.2 Å². The average molecular weight is 375 g/mol. The van der Waals surface area contributed by atoms with Gasteiger partial charge in [-0.2, -0.15) is 0 Å². The maximum Gasteiger partial charge on any atom is 0.0810 e. The summed E-state index contributed by atoms with van der Waals surface area (Å²) in [6.45, 7) is 1.80. The minimum Gasteiger partial charge on any atom is -0.383 e. The van der Waals surface area contributed by atoms with Crippen LogP contribution in [0.25, 0.3) is 0 Å². The van der Waals surface area contributed by atoms with E-state index in [1.807, 2.05) is 0 Å². The Hall–Kier alpha value is -2.62. The maximum absolute atomic E-state index is 5.22. The summed E-state index contributed by atoms with van der Waals surface area (Å²) in [6.07, 6.45) is 28.0. The molecule has 146 valence electrons. The quantitative estimate of drug-likeness (QED) is 0.668. The highest BCUT2D eigenvalue weighted by Gasteiger charge is 2.26. The van der Waals surface area contributed by atoms with Gasteiger partial charge in [0.05, 0.1) is 28.9 Å². The molecule has 2 N–H and O–H groups in total. The van der Waals surface area contributed by atoms with E-state index in [9.17, 15) is 0 Å². The van der Waals surface area contributed by atoms with Crippen LogP contribution in [0.2, 0.25) is 0 Å². The van der Waals surface area contributed by atoms with Crippen LogP contribution in [-0.2, 0) is 0 Å². The molecule has 0 spiro atoms. The summed E-state index contributed by atoms with van der Waals surface area (Å²) in [6, 6.07) is 0.615. The van der Waals surface area contributed by atoms with E-state index >= 15 is 0 Å². The molecule has 4 nitrogen and oxygen atoms in total. The summed E-state index contributed by atoms with van der Waals surface area (Å²) in [7, 11) is 0. The minimum atomic E-state index is 0.276. The van der Waals surface area contributed by atoms with Crippen LogP contribution in [0.5, 0.6) is 0 Å². The molecule has 0 bridgehead atoms. The van der Waals surface area contributed by atoms with Crippen LogP contribution < -0.4 is 10.6 Å². The van der Waals surface area contributed by atoms with Gasteiger partial charge in [0.2, 0.25) is 0 Å². The number of fused-ring (bicyclic) bond motifs is 3. The second-order valence-corrected chi connectivity index (χ2v) is 7.67. The Balaban J connectivity index is 1.66. The fourth-order valence-electron chi connectivity index (χ4n) is 4.07. The molecule has 1 fully saturated rings. The monoisotopic (exact) mass is 374 g/mol. The van der Waals surface area contributed by atoms with Crippen molar-refractivity contribution in [1.82, 2.24) is 10.6 Å². The lowest BCUT2D eigenvalue weighted by Crippen LogP contribution is -2.42. The first-order valence-corrected chi connectivity index (χ1v) is 10.6. The Bertz CT molecular complexity index is 804. The van der Waals surface area contributed by atoms with Gasteiger partial charge in [-0.25, -0.2) is 0 Å². The molecular weight excluding hydrogens is 344 g/mol. The van der Waals surface area contributed by atoms with Gasteiger partial charge >= 0.3 is 0 Å². The van der Waals surface area contributed by atoms with Crippen molar-refractivity contribution in [1.29, 1.82) is 0 Å². The molecule has 4 heteroatoms. The van der Waals surface area contributed by atoms with Gasteiger partial charge in [-0.15, -0.1) is 0 Å². The Labute approximate surface area is 168 Å². The van der Waals surface area contributed by atoms with E-state index in [1.54, 1.807) is 0 Å². The van der Waals surface area contributed by atoms with E-state index in [-0.39, 0.29) is 6.04 Å². The molecule has 0 saturated heterocycles. The molecule has 4 aliphatic rings. The van der Waals surface area contributed by atoms with Crippen LogP contribution >= 0.6 is 0 Å². The summed E-state index contributed by atoms with van der Waals surface area (Å²) < 4.78 is 0. The fourth-order valence-corrected chi connectivity index (χ4v) is 4.07. The predicted molar refractivity (Wildman–Crippen MR) is 119 cm³/mol. The standard InChI is InChI=1S/C24H30N4/c1-3-11-19-21(13-5-1)27-23-15-7-8-16-24(23)28-22-14-6-2-4-12-20(22)26-18-10-9-17-25-19/h1-6,11-14,23-25,28H,7-10,15-18H2/t23-,24-/m1/s1. The first kappa shape index (κ1) is 18.7. The van der Waals surface area contributed by atoms with Gasteiger partial charge in [-0.1, -0.05) is 49.3 Å². The summed E-state index contributed by atoms with van der Waals surface area (Å²) in [5, 5.41) is 7.41. The Kier molecular flexibility index (Phi) is 6.38. The zero-order valence-electron chi connectivity index (χ0n) is 16.5. The van der Waals surface area contributed by atoms with Crippen molar-refractivity contribution in [3.63, 3.8) is 0 Å². The largest absolute Gasteiger partial charge is 0.383 e. The van der Waals surface area contributed by atoms with Crippen LogP contribution in [0.15, 0.2) is 82.1 Å². The number of nitrogens with zero attached hydrogens (tertiary/aromatic N) is 2. The normalized spacial score (nSPS) is 27.7. The lowest BCUT2D eigenvalue weighted by molar-refractivity contribution is 0.351. The van der Waals surface area contributed by atoms with Crippen LogP contribution in [0.3, 0.4) is 0 Å². The molecule has 28 heavy (non-hydrogen) atoms. The average Bonchev–Trinajstić information content (AvgIpc) is 3.07. The van der Waals surface area contributed by atoms with Crippen LogP contribution in [0, 0.1) is 0 Å². The third-order valence-corrected chi connectivity index (χ3v) is 5.59. The van der Waals surface area contributed by atoms with Gasteiger partial charge in [0.1, 0.15) is 0 Å². The molecular formula is C24H30N4. The summed E-state index contributed by atoms with van der Waals surface area (Å²) in [5.41, 5.74) is 4.40. The van der Waals surface area contributed by atoms with Gasteiger partial charge in [0, 0.05) is 19.1 Å². The molecule has 0 aromatic carbocycles. The van der Waals surface area contributed by atoms with E-state index in [0.717, 1.165) is 61.6 Å². The van der Waals surface area contributed by atoms with E-state index in [4.69, 9.17) is 9.98 Å². The molecule has 0 radical (unpaired) electrons. The number of hydrogen-bond donors (Lipinski definition) is 2. The lowest BCUT2D eigenvalue weighted by Gasteiger charge is -2.32.